The largest absolute Gasteiger partial charge is 0.456 e. The molecule has 5 aliphatic carbocycles. The highest BCUT2D eigenvalue weighted by atomic mass is 16.3. The Balaban J connectivity index is 0.858. The average Bonchev–Trinajstić information content (AvgIpc) is 4.25. The molecule has 78 heavy (non-hydrogen) atoms. The first kappa shape index (κ1) is 46.1. The standard InChI is InChI=1S/C74H64N2O2/c1-72(2,3)48-21-25-52(26-22-48)75(66-19-11-15-46-13-7-9-17-56(46)66)54-29-31-58-62-40-60-61-42-70-63(41-64(61)74(65(60)43-71(62)78-68(58)38-54)50-34-44-33-45(36-50)37-51(74)35-44)59-32-30-55(39-69(59)77-70)76(53-27-23-49(24-28-53)73(4,5)6)67-20-12-16-47-14-8-10-18-57(47)67/h7-32,38-45,50-51H,33-37H2,1-6H3. The first-order valence-corrected chi connectivity index (χ1v) is 28.6. The third-order valence-electron chi connectivity index (χ3n) is 19.3. The topological polar surface area (TPSA) is 32.8 Å². The molecule has 0 saturated heterocycles. The van der Waals surface area contributed by atoms with Crippen molar-refractivity contribution in [2.24, 2.45) is 23.7 Å². The van der Waals surface area contributed by atoms with E-state index in [0.29, 0.717) is 11.8 Å². The van der Waals surface area contributed by atoms with Crippen LogP contribution in [0.25, 0.3) is 76.5 Å². The molecule has 2 heterocycles. The highest BCUT2D eigenvalue weighted by Crippen LogP contribution is 2.70. The molecule has 1 spiro atoms. The predicted molar refractivity (Wildman–Crippen MR) is 326 cm³/mol. The van der Waals surface area contributed by atoms with E-state index >= 15 is 0 Å². The summed E-state index contributed by atoms with van der Waals surface area (Å²) in [4.78, 5) is 4.82. The van der Waals surface area contributed by atoms with E-state index in [4.69, 9.17) is 8.83 Å². The van der Waals surface area contributed by atoms with E-state index in [2.05, 4.69) is 245 Å². The Morgan fingerprint density at radius 1 is 0.359 bits per heavy atom. The van der Waals surface area contributed by atoms with Gasteiger partial charge in [0.15, 0.2) is 0 Å². The zero-order chi connectivity index (χ0) is 52.4. The minimum absolute atomic E-state index is 0.0515. The molecule has 4 bridgehead atoms. The summed E-state index contributed by atoms with van der Waals surface area (Å²) in [5.41, 5.74) is 18.8. The molecule has 10 aromatic carbocycles. The number of nitrogens with zero attached hydrogens (tertiary/aromatic N) is 2. The van der Waals surface area contributed by atoms with Crippen molar-refractivity contribution in [3.8, 4) is 11.1 Å². The Morgan fingerprint density at radius 2 is 0.769 bits per heavy atom. The van der Waals surface area contributed by atoms with E-state index in [1.165, 1.54) is 103 Å². The molecule has 5 aliphatic rings. The van der Waals surface area contributed by atoms with Gasteiger partial charge in [0.25, 0.3) is 0 Å². The molecule has 12 aromatic rings. The zero-order valence-electron chi connectivity index (χ0n) is 45.5. The maximum atomic E-state index is 7.19. The number of rotatable bonds is 6. The SMILES string of the molecule is CC(C)(C)c1ccc(N(c2ccc3c(c2)oc2cc4c(cc23)-c2cc3oc5cc(N(c6ccc(C(C)(C)C)cc6)c6cccc7ccccc67)ccc5c3cc2C42C3CC4CC(C3)CC2C4)c2cccc3ccccc23)cc1. The maximum Gasteiger partial charge on any atom is 0.137 e. The van der Waals surface area contributed by atoms with Crippen molar-refractivity contribution >= 4 is 99.5 Å². The number of fused-ring (bicyclic) bond motifs is 11. The van der Waals surface area contributed by atoms with Gasteiger partial charge in [-0.25, -0.2) is 0 Å². The van der Waals surface area contributed by atoms with Crippen LogP contribution in [0.15, 0.2) is 203 Å². The summed E-state index contributed by atoms with van der Waals surface area (Å²) in [7, 11) is 0. The van der Waals surface area contributed by atoms with Crippen molar-refractivity contribution in [1.82, 2.24) is 0 Å². The fraction of sp³-hybridized carbons (Fsp3) is 0.243. The van der Waals surface area contributed by atoms with Crippen LogP contribution >= 0.6 is 0 Å². The van der Waals surface area contributed by atoms with Crippen LogP contribution in [0.1, 0.15) is 95.9 Å². The molecular formula is C74H64N2O2. The zero-order valence-corrected chi connectivity index (χ0v) is 45.5. The van der Waals surface area contributed by atoms with Gasteiger partial charge in [0.05, 0.1) is 11.4 Å². The summed E-state index contributed by atoms with van der Waals surface area (Å²) in [5, 5.41) is 9.57. The second kappa shape index (κ2) is 16.5. The van der Waals surface area contributed by atoms with E-state index in [0.717, 1.165) is 73.7 Å². The fourth-order valence-electron chi connectivity index (χ4n) is 15.9. The highest BCUT2D eigenvalue weighted by Gasteiger charge is 2.62. The van der Waals surface area contributed by atoms with Crippen molar-refractivity contribution in [3.05, 3.63) is 216 Å². The first-order chi connectivity index (χ1) is 37.8. The van der Waals surface area contributed by atoms with Crippen molar-refractivity contribution < 1.29 is 8.83 Å². The second-order valence-electron chi connectivity index (χ2n) is 25.8. The second-order valence-corrected chi connectivity index (χ2v) is 25.8. The van der Waals surface area contributed by atoms with Gasteiger partial charge in [-0.15, -0.1) is 0 Å². The van der Waals surface area contributed by atoms with Crippen LogP contribution in [0.4, 0.5) is 34.1 Å². The smallest absolute Gasteiger partial charge is 0.137 e. The van der Waals surface area contributed by atoms with Crippen LogP contribution in [0.2, 0.25) is 0 Å². The lowest BCUT2D eigenvalue weighted by atomic mass is 9.43. The highest BCUT2D eigenvalue weighted by molar-refractivity contribution is 6.12. The van der Waals surface area contributed by atoms with Gasteiger partial charge < -0.3 is 18.6 Å². The van der Waals surface area contributed by atoms with E-state index in [1.807, 2.05) is 0 Å². The number of hydrogen-bond acceptors (Lipinski definition) is 4. The Labute approximate surface area is 456 Å². The molecule has 0 aliphatic heterocycles. The fourth-order valence-corrected chi connectivity index (χ4v) is 15.9. The molecule has 4 heteroatoms. The summed E-state index contributed by atoms with van der Waals surface area (Å²) in [6.07, 6.45) is 6.64. The molecule has 0 amide bonds. The quantitative estimate of drug-likeness (QED) is 0.166. The van der Waals surface area contributed by atoms with Crippen LogP contribution in [-0.2, 0) is 16.2 Å². The summed E-state index contributed by atoms with van der Waals surface area (Å²) in [6, 6.07) is 72.8. The molecular weight excluding hydrogens is 949 g/mol. The summed E-state index contributed by atoms with van der Waals surface area (Å²) in [6.45, 7) is 13.7. The minimum Gasteiger partial charge on any atom is -0.456 e. The number of benzene rings is 10. The molecule has 4 fully saturated rings. The van der Waals surface area contributed by atoms with Crippen LogP contribution in [0, 0.1) is 23.7 Å². The van der Waals surface area contributed by atoms with Crippen molar-refractivity contribution in [2.75, 3.05) is 9.80 Å². The van der Waals surface area contributed by atoms with Crippen LogP contribution in [-0.4, -0.2) is 0 Å². The van der Waals surface area contributed by atoms with E-state index < -0.39 is 0 Å². The Kier molecular flexibility index (Phi) is 9.73. The van der Waals surface area contributed by atoms with Gasteiger partial charge in [0.1, 0.15) is 22.3 Å². The van der Waals surface area contributed by atoms with Gasteiger partial charge in [0.2, 0.25) is 0 Å². The lowest BCUT2D eigenvalue weighted by molar-refractivity contribution is -0.0398. The molecule has 0 atom stereocenters. The molecule has 0 N–H and O–H groups in total. The molecule has 17 rings (SSSR count). The number of anilines is 6. The third kappa shape index (κ3) is 6.77. The Bertz CT molecular complexity index is 4390. The Hall–Kier alpha value is -8.08. The first-order valence-electron chi connectivity index (χ1n) is 28.6. The summed E-state index contributed by atoms with van der Waals surface area (Å²) < 4.78 is 14.3. The van der Waals surface area contributed by atoms with Gasteiger partial charge in [0, 0.05) is 72.6 Å². The van der Waals surface area contributed by atoms with Gasteiger partial charge >= 0.3 is 0 Å². The molecule has 4 nitrogen and oxygen atoms in total. The monoisotopic (exact) mass is 1010 g/mol. The molecule has 0 unspecified atom stereocenters. The van der Waals surface area contributed by atoms with Gasteiger partial charge in [-0.1, -0.05) is 139 Å². The average molecular weight is 1010 g/mol. The Morgan fingerprint density at radius 3 is 1.27 bits per heavy atom. The van der Waals surface area contributed by atoms with Crippen LogP contribution < -0.4 is 9.80 Å². The van der Waals surface area contributed by atoms with Crippen molar-refractivity contribution in [3.63, 3.8) is 0 Å². The van der Waals surface area contributed by atoms with E-state index in [9.17, 15) is 0 Å². The molecule has 0 radical (unpaired) electrons. The van der Waals surface area contributed by atoms with Gasteiger partial charge in [-0.05, 0) is 196 Å². The lowest BCUT2D eigenvalue weighted by Gasteiger charge is -2.61. The minimum atomic E-state index is -0.0666. The molecule has 382 valence electrons. The third-order valence-corrected chi connectivity index (χ3v) is 19.3. The van der Waals surface area contributed by atoms with Crippen LogP contribution in [0.3, 0.4) is 0 Å². The molecule has 4 saturated carbocycles. The number of furan rings is 2. The van der Waals surface area contributed by atoms with Crippen molar-refractivity contribution in [2.45, 2.75) is 89.9 Å². The summed E-state index contributed by atoms with van der Waals surface area (Å²) >= 11 is 0. The van der Waals surface area contributed by atoms with Gasteiger partial charge in [-0.3, -0.25) is 0 Å². The van der Waals surface area contributed by atoms with Gasteiger partial charge in [-0.2, -0.15) is 0 Å². The normalized spacial score (nSPS) is 20.5. The van der Waals surface area contributed by atoms with E-state index in [1.54, 1.807) is 0 Å². The maximum absolute atomic E-state index is 7.19. The van der Waals surface area contributed by atoms with Crippen molar-refractivity contribution in [1.29, 1.82) is 0 Å². The van der Waals surface area contributed by atoms with E-state index in [-0.39, 0.29) is 16.2 Å². The predicted octanol–water partition coefficient (Wildman–Crippen LogP) is 21.0. The summed E-state index contributed by atoms with van der Waals surface area (Å²) in [5.74, 6) is 2.86. The lowest BCUT2D eigenvalue weighted by Crippen LogP contribution is -2.55. The number of hydrogen-bond donors (Lipinski definition) is 0. The molecule has 2 aromatic heterocycles. The van der Waals surface area contributed by atoms with Crippen LogP contribution in [0.5, 0.6) is 0 Å².